The van der Waals surface area contributed by atoms with E-state index in [1.807, 2.05) is 6.07 Å². The smallest absolute Gasteiger partial charge is 0.271 e. The Balaban J connectivity index is 1.18. The molecule has 6 rings (SSSR count). The Bertz CT molecular complexity index is 749. The number of nitro benzene ring substituents is 1. The number of thiocarbonyl (C=S) groups is 1. The van der Waals surface area contributed by atoms with Gasteiger partial charge in [0.15, 0.2) is 5.11 Å². The number of nitro groups is 1. The Morgan fingerprint density at radius 2 is 1.68 bits per heavy atom. The third-order valence-electron chi connectivity index (χ3n) is 7.51. The molecule has 1 heterocycles. The largest absolute Gasteiger partial charge is 0.346 e. The number of hydrogen-bond donors (Lipinski definition) is 1. The van der Waals surface area contributed by atoms with Crippen molar-refractivity contribution < 1.29 is 4.92 Å². The maximum absolute atomic E-state index is 11.0. The standard InChI is InChI=1S/C21H28N4O2S/c26-25(27)19-3-1-2-18(13-19)22-21(28)24-6-4-23(5-7-24)20-16-9-14-8-15(11-16)12-17(20)10-14/h1-3,13-17,20H,4-12H2,(H,22,28). The van der Waals surface area contributed by atoms with Crippen molar-refractivity contribution in [1.29, 1.82) is 0 Å². The van der Waals surface area contributed by atoms with Gasteiger partial charge >= 0.3 is 0 Å². The fourth-order valence-electron chi connectivity index (χ4n) is 6.62. The normalized spacial score (nSPS) is 34.4. The molecule has 7 heteroatoms. The maximum atomic E-state index is 11.0. The van der Waals surface area contributed by atoms with Gasteiger partial charge in [-0.15, -0.1) is 0 Å². The third-order valence-corrected chi connectivity index (χ3v) is 7.87. The van der Waals surface area contributed by atoms with Gasteiger partial charge in [-0.3, -0.25) is 15.0 Å². The van der Waals surface area contributed by atoms with E-state index in [9.17, 15) is 10.1 Å². The van der Waals surface area contributed by atoms with Crippen molar-refractivity contribution in [2.45, 2.75) is 38.1 Å². The molecule has 5 fully saturated rings. The first-order valence-electron chi connectivity index (χ1n) is 10.6. The van der Waals surface area contributed by atoms with Crippen LogP contribution in [0.2, 0.25) is 0 Å². The molecule has 4 saturated carbocycles. The monoisotopic (exact) mass is 400 g/mol. The molecule has 5 aliphatic rings. The van der Waals surface area contributed by atoms with Crippen LogP contribution in [-0.2, 0) is 0 Å². The molecule has 1 aromatic rings. The van der Waals surface area contributed by atoms with Crippen LogP contribution in [0, 0.1) is 33.8 Å². The summed E-state index contributed by atoms with van der Waals surface area (Å²) in [6.45, 7) is 4.01. The highest BCUT2D eigenvalue weighted by Crippen LogP contribution is 2.55. The predicted octanol–water partition coefficient (Wildman–Crippen LogP) is 3.73. The van der Waals surface area contributed by atoms with Gasteiger partial charge in [-0.05, 0) is 74.1 Å². The number of nitrogens with one attached hydrogen (secondary N) is 1. The van der Waals surface area contributed by atoms with Crippen molar-refractivity contribution >= 4 is 28.7 Å². The highest BCUT2D eigenvalue weighted by Gasteiger charge is 2.50. The second-order valence-electron chi connectivity index (χ2n) is 9.18. The summed E-state index contributed by atoms with van der Waals surface area (Å²) >= 11 is 5.59. The molecule has 1 saturated heterocycles. The number of nitrogens with zero attached hydrogens (tertiary/aromatic N) is 3. The molecule has 0 atom stereocenters. The number of rotatable bonds is 3. The fraction of sp³-hybridized carbons (Fsp3) is 0.667. The minimum absolute atomic E-state index is 0.0829. The molecule has 0 spiro atoms. The van der Waals surface area contributed by atoms with Crippen LogP contribution in [0.15, 0.2) is 24.3 Å². The van der Waals surface area contributed by atoms with Gasteiger partial charge in [0, 0.05) is 50.0 Å². The van der Waals surface area contributed by atoms with Gasteiger partial charge in [0.05, 0.1) is 4.92 Å². The number of anilines is 1. The average Bonchev–Trinajstić information content (AvgIpc) is 2.68. The van der Waals surface area contributed by atoms with Crippen molar-refractivity contribution in [1.82, 2.24) is 9.80 Å². The lowest BCUT2D eigenvalue weighted by Crippen LogP contribution is -2.60. The van der Waals surface area contributed by atoms with Gasteiger partial charge in [0.25, 0.3) is 5.69 Å². The van der Waals surface area contributed by atoms with E-state index in [1.54, 1.807) is 6.07 Å². The van der Waals surface area contributed by atoms with E-state index in [0.29, 0.717) is 10.8 Å². The summed E-state index contributed by atoms with van der Waals surface area (Å²) in [6.07, 6.45) is 7.36. The molecular formula is C21H28N4O2S. The van der Waals surface area contributed by atoms with Crippen LogP contribution in [0.5, 0.6) is 0 Å². The van der Waals surface area contributed by atoms with Crippen LogP contribution >= 0.6 is 12.2 Å². The SMILES string of the molecule is O=[N+]([O-])c1cccc(NC(=S)N2CCN(C3C4CC5CC(C4)CC3C5)CC2)c1. The molecule has 0 aromatic heterocycles. The van der Waals surface area contributed by atoms with Crippen molar-refractivity contribution in [2.75, 3.05) is 31.5 Å². The van der Waals surface area contributed by atoms with Gasteiger partial charge < -0.3 is 10.2 Å². The second-order valence-corrected chi connectivity index (χ2v) is 9.57. The zero-order valence-corrected chi connectivity index (χ0v) is 16.9. The van der Waals surface area contributed by atoms with E-state index in [-0.39, 0.29) is 10.6 Å². The quantitative estimate of drug-likeness (QED) is 0.474. The maximum Gasteiger partial charge on any atom is 0.271 e. The lowest BCUT2D eigenvalue weighted by molar-refractivity contribution is -0.384. The molecule has 4 bridgehead atoms. The molecule has 0 amide bonds. The van der Waals surface area contributed by atoms with Crippen LogP contribution < -0.4 is 5.32 Å². The number of piperazine rings is 1. The number of hydrogen-bond acceptors (Lipinski definition) is 4. The highest BCUT2D eigenvalue weighted by molar-refractivity contribution is 7.80. The van der Waals surface area contributed by atoms with Crippen LogP contribution in [0.25, 0.3) is 0 Å². The van der Waals surface area contributed by atoms with Crippen LogP contribution in [0.4, 0.5) is 11.4 Å². The van der Waals surface area contributed by atoms with Gasteiger partial charge in [-0.1, -0.05) is 6.07 Å². The van der Waals surface area contributed by atoms with Crippen molar-refractivity contribution in [3.63, 3.8) is 0 Å². The molecule has 0 radical (unpaired) electrons. The van der Waals surface area contributed by atoms with E-state index < -0.39 is 0 Å². The molecule has 1 aliphatic heterocycles. The molecular weight excluding hydrogens is 372 g/mol. The lowest BCUT2D eigenvalue weighted by Gasteiger charge is -2.58. The van der Waals surface area contributed by atoms with Gasteiger partial charge in [-0.25, -0.2) is 0 Å². The van der Waals surface area contributed by atoms with E-state index in [2.05, 4.69) is 15.1 Å². The summed E-state index contributed by atoms with van der Waals surface area (Å²) in [7, 11) is 0. The Hall–Kier alpha value is -1.73. The summed E-state index contributed by atoms with van der Waals surface area (Å²) < 4.78 is 0. The lowest BCUT2D eigenvalue weighted by atomic mass is 9.54. The van der Waals surface area contributed by atoms with E-state index in [4.69, 9.17) is 12.2 Å². The Labute approximate surface area is 171 Å². The van der Waals surface area contributed by atoms with Gasteiger partial charge in [-0.2, -0.15) is 0 Å². The minimum Gasteiger partial charge on any atom is -0.346 e. The summed E-state index contributed by atoms with van der Waals surface area (Å²) in [5.74, 6) is 3.90. The predicted molar refractivity (Wildman–Crippen MR) is 113 cm³/mol. The zero-order valence-electron chi connectivity index (χ0n) is 16.1. The highest BCUT2D eigenvalue weighted by atomic mass is 32.1. The average molecular weight is 401 g/mol. The summed E-state index contributed by atoms with van der Waals surface area (Å²) in [6, 6.07) is 7.35. The Morgan fingerprint density at radius 3 is 2.29 bits per heavy atom. The molecule has 6 nitrogen and oxygen atoms in total. The first-order valence-corrected chi connectivity index (χ1v) is 11.0. The molecule has 28 heavy (non-hydrogen) atoms. The molecule has 0 unspecified atom stereocenters. The Kier molecular flexibility index (Phi) is 4.75. The molecule has 150 valence electrons. The molecule has 4 aliphatic carbocycles. The van der Waals surface area contributed by atoms with Crippen molar-refractivity contribution in [2.24, 2.45) is 23.7 Å². The van der Waals surface area contributed by atoms with Gasteiger partial charge in [0.2, 0.25) is 0 Å². The van der Waals surface area contributed by atoms with Crippen LogP contribution in [0.3, 0.4) is 0 Å². The molecule has 1 N–H and O–H groups in total. The third kappa shape index (κ3) is 3.39. The van der Waals surface area contributed by atoms with Crippen molar-refractivity contribution in [3.8, 4) is 0 Å². The Morgan fingerprint density at radius 1 is 1.04 bits per heavy atom. The van der Waals surface area contributed by atoms with E-state index >= 15 is 0 Å². The van der Waals surface area contributed by atoms with E-state index in [0.717, 1.165) is 55.9 Å². The van der Waals surface area contributed by atoms with E-state index in [1.165, 1.54) is 44.2 Å². The molecule has 1 aromatic carbocycles. The van der Waals surface area contributed by atoms with Gasteiger partial charge in [0.1, 0.15) is 0 Å². The van der Waals surface area contributed by atoms with Crippen molar-refractivity contribution in [3.05, 3.63) is 34.4 Å². The number of benzene rings is 1. The zero-order chi connectivity index (χ0) is 19.3. The summed E-state index contributed by atoms with van der Waals surface area (Å²) in [5.41, 5.74) is 0.766. The summed E-state index contributed by atoms with van der Waals surface area (Å²) in [5, 5.41) is 14.8. The van der Waals surface area contributed by atoms with Crippen LogP contribution in [0.1, 0.15) is 32.1 Å². The van der Waals surface area contributed by atoms with Crippen LogP contribution in [-0.4, -0.2) is 52.1 Å². The summed E-state index contributed by atoms with van der Waals surface area (Å²) in [4.78, 5) is 15.5. The number of non-ortho nitro benzene ring substituents is 1. The second kappa shape index (κ2) is 7.26. The minimum atomic E-state index is -0.377. The topological polar surface area (TPSA) is 61.7 Å². The first-order chi connectivity index (χ1) is 13.6. The fourth-order valence-corrected chi connectivity index (χ4v) is 6.92. The first kappa shape index (κ1) is 18.3.